The monoisotopic (exact) mass is 395 g/mol. The Hall–Kier alpha value is -2.74. The van der Waals surface area contributed by atoms with Gasteiger partial charge in [-0.15, -0.1) is 0 Å². The number of aryl methyl sites for hydroxylation is 1. The molecule has 3 N–H and O–H groups in total. The van der Waals surface area contributed by atoms with Crippen LogP contribution < -0.4 is 11.1 Å². The molecule has 8 nitrogen and oxygen atoms in total. The summed E-state index contributed by atoms with van der Waals surface area (Å²) in [5.41, 5.74) is 10.3. The van der Waals surface area contributed by atoms with Crippen LogP contribution in [0.5, 0.6) is 0 Å². The first-order valence-corrected chi connectivity index (χ1v) is 10.3. The molecule has 3 heterocycles. The van der Waals surface area contributed by atoms with Gasteiger partial charge in [0.25, 0.3) is 0 Å². The zero-order valence-electron chi connectivity index (χ0n) is 17.5. The van der Waals surface area contributed by atoms with Crippen molar-refractivity contribution in [2.75, 3.05) is 18.2 Å². The molecule has 1 aliphatic carbocycles. The fourth-order valence-electron chi connectivity index (χ4n) is 3.90. The van der Waals surface area contributed by atoms with Crippen molar-refractivity contribution in [3.8, 4) is 11.1 Å². The Kier molecular flexibility index (Phi) is 5.36. The second kappa shape index (κ2) is 7.94. The van der Waals surface area contributed by atoms with Crippen molar-refractivity contribution in [1.29, 1.82) is 0 Å². The molecule has 1 fully saturated rings. The predicted octanol–water partition coefficient (Wildman–Crippen LogP) is 3.59. The molecule has 3 aromatic heterocycles. The molecular formula is C21H29N7O. The van der Waals surface area contributed by atoms with Gasteiger partial charge in [-0.3, -0.25) is 4.68 Å². The molecule has 3 aromatic rings. The Morgan fingerprint density at radius 2 is 2.07 bits per heavy atom. The van der Waals surface area contributed by atoms with Gasteiger partial charge in [0.15, 0.2) is 5.82 Å². The molecule has 1 unspecified atom stereocenters. The van der Waals surface area contributed by atoms with E-state index in [1.807, 2.05) is 17.1 Å². The van der Waals surface area contributed by atoms with Crippen LogP contribution in [0.2, 0.25) is 0 Å². The zero-order chi connectivity index (χ0) is 20.5. The summed E-state index contributed by atoms with van der Waals surface area (Å²) in [6.45, 7) is 6.27. The first-order valence-electron chi connectivity index (χ1n) is 10.3. The van der Waals surface area contributed by atoms with Crippen LogP contribution in [0.4, 0.5) is 11.6 Å². The van der Waals surface area contributed by atoms with E-state index >= 15 is 0 Å². The maximum Gasteiger partial charge on any atom is 0.151 e. The molecule has 4 rings (SSSR count). The van der Waals surface area contributed by atoms with E-state index in [4.69, 9.17) is 20.4 Å². The number of rotatable bonds is 6. The van der Waals surface area contributed by atoms with Crippen LogP contribution in [0.1, 0.15) is 51.8 Å². The number of nitrogens with zero attached hydrogens (tertiary/aromatic N) is 5. The Morgan fingerprint density at radius 3 is 2.72 bits per heavy atom. The normalized spacial score (nSPS) is 19.3. The predicted molar refractivity (Wildman–Crippen MR) is 115 cm³/mol. The van der Waals surface area contributed by atoms with Crippen LogP contribution in [-0.4, -0.2) is 44.0 Å². The molecule has 0 bridgehead atoms. The maximum absolute atomic E-state index is 6.16. The van der Waals surface area contributed by atoms with Crippen LogP contribution in [0, 0.1) is 0 Å². The van der Waals surface area contributed by atoms with Gasteiger partial charge in [-0.25, -0.2) is 15.0 Å². The van der Waals surface area contributed by atoms with Crippen LogP contribution in [0.15, 0.2) is 18.6 Å². The minimum atomic E-state index is 0.280. The van der Waals surface area contributed by atoms with Crippen molar-refractivity contribution >= 4 is 22.7 Å². The zero-order valence-corrected chi connectivity index (χ0v) is 17.5. The van der Waals surface area contributed by atoms with Crippen LogP contribution in [0.3, 0.4) is 0 Å². The number of hydrogen-bond donors (Lipinski definition) is 2. The largest absolute Gasteiger partial charge is 0.382 e. The highest BCUT2D eigenvalue weighted by molar-refractivity contribution is 5.96. The number of pyridine rings is 1. The van der Waals surface area contributed by atoms with Crippen LogP contribution in [0.25, 0.3) is 22.2 Å². The number of fused-ring (bicyclic) bond motifs is 1. The standard InChI is InChI=1S/C21H29N7O/c1-5-17-21(25-14-6-7-15(8-14)29-4)27-18-16(10-23-20(22)19(18)26-17)13-9-24-28(11-13)12(2)3/h9-12,14-15H,5-8H2,1-4H3,(H2,22,23)(H,25,27)/t14?,15-/m0/s1. The average molecular weight is 396 g/mol. The smallest absolute Gasteiger partial charge is 0.151 e. The first kappa shape index (κ1) is 19.6. The van der Waals surface area contributed by atoms with E-state index in [9.17, 15) is 0 Å². The van der Waals surface area contributed by atoms with Crippen molar-refractivity contribution in [1.82, 2.24) is 24.7 Å². The quantitative estimate of drug-likeness (QED) is 0.657. The second-order valence-corrected chi connectivity index (χ2v) is 7.94. The van der Waals surface area contributed by atoms with Gasteiger partial charge in [0.1, 0.15) is 16.9 Å². The molecular weight excluding hydrogens is 366 g/mol. The third-order valence-corrected chi connectivity index (χ3v) is 5.63. The second-order valence-electron chi connectivity index (χ2n) is 7.94. The number of methoxy groups -OCH3 is 1. The molecule has 8 heteroatoms. The molecule has 0 saturated heterocycles. The Labute approximate surface area is 170 Å². The van der Waals surface area contributed by atoms with Crippen molar-refractivity contribution in [3.05, 3.63) is 24.3 Å². The number of aromatic nitrogens is 5. The minimum absolute atomic E-state index is 0.280. The van der Waals surface area contributed by atoms with Crippen molar-refractivity contribution in [3.63, 3.8) is 0 Å². The minimum Gasteiger partial charge on any atom is -0.382 e. The number of ether oxygens (including phenoxy) is 1. The Balaban J connectivity index is 1.78. The molecule has 1 aliphatic rings. The lowest BCUT2D eigenvalue weighted by Gasteiger charge is -2.17. The lowest BCUT2D eigenvalue weighted by Crippen LogP contribution is -2.20. The van der Waals surface area contributed by atoms with Gasteiger partial charge in [0.2, 0.25) is 0 Å². The van der Waals surface area contributed by atoms with E-state index in [0.717, 1.165) is 53.8 Å². The summed E-state index contributed by atoms with van der Waals surface area (Å²) in [7, 11) is 1.78. The van der Waals surface area contributed by atoms with Crippen LogP contribution >= 0.6 is 0 Å². The first-order chi connectivity index (χ1) is 14.0. The third-order valence-electron chi connectivity index (χ3n) is 5.63. The van der Waals surface area contributed by atoms with E-state index < -0.39 is 0 Å². The lowest BCUT2D eigenvalue weighted by molar-refractivity contribution is 0.108. The van der Waals surface area contributed by atoms with Crippen LogP contribution in [-0.2, 0) is 11.2 Å². The van der Waals surface area contributed by atoms with Gasteiger partial charge in [-0.2, -0.15) is 5.10 Å². The molecule has 0 amide bonds. The SMILES string of the molecule is CCc1nc2c(N)ncc(-c3cnn(C(C)C)c3)c2nc1NC1CC[C@H](OC)C1. The molecule has 0 spiro atoms. The van der Waals surface area contributed by atoms with Gasteiger partial charge in [0, 0.05) is 42.7 Å². The summed E-state index contributed by atoms with van der Waals surface area (Å²) in [4.78, 5) is 14.2. The van der Waals surface area contributed by atoms with E-state index in [2.05, 4.69) is 36.2 Å². The highest BCUT2D eigenvalue weighted by atomic mass is 16.5. The molecule has 0 aromatic carbocycles. The Bertz CT molecular complexity index is 1010. The Morgan fingerprint density at radius 1 is 1.24 bits per heavy atom. The topological polar surface area (TPSA) is 104 Å². The van der Waals surface area contributed by atoms with Crippen molar-refractivity contribution in [2.24, 2.45) is 0 Å². The maximum atomic E-state index is 6.16. The highest BCUT2D eigenvalue weighted by Gasteiger charge is 2.26. The molecule has 1 saturated carbocycles. The van der Waals surface area contributed by atoms with E-state index in [-0.39, 0.29) is 6.04 Å². The molecule has 154 valence electrons. The van der Waals surface area contributed by atoms with Gasteiger partial charge in [0.05, 0.1) is 18.0 Å². The number of nitrogen functional groups attached to an aromatic ring is 1. The number of anilines is 2. The van der Waals surface area contributed by atoms with Gasteiger partial charge in [-0.05, 0) is 39.5 Å². The van der Waals surface area contributed by atoms with E-state index in [1.54, 1.807) is 13.3 Å². The summed E-state index contributed by atoms with van der Waals surface area (Å²) in [5.74, 6) is 1.22. The van der Waals surface area contributed by atoms with E-state index in [1.165, 1.54) is 0 Å². The van der Waals surface area contributed by atoms with E-state index in [0.29, 0.717) is 23.5 Å². The summed E-state index contributed by atoms with van der Waals surface area (Å²) < 4.78 is 7.43. The van der Waals surface area contributed by atoms with Gasteiger partial charge >= 0.3 is 0 Å². The number of nitrogens with two attached hydrogens (primary N) is 1. The number of nitrogens with one attached hydrogen (secondary N) is 1. The molecule has 0 radical (unpaired) electrons. The molecule has 0 aliphatic heterocycles. The average Bonchev–Trinajstić information content (AvgIpc) is 3.37. The van der Waals surface area contributed by atoms with Gasteiger partial charge in [-0.1, -0.05) is 6.92 Å². The van der Waals surface area contributed by atoms with Gasteiger partial charge < -0.3 is 15.8 Å². The summed E-state index contributed by atoms with van der Waals surface area (Å²) in [6.07, 6.45) is 9.80. The van der Waals surface area contributed by atoms with Crippen molar-refractivity contribution < 1.29 is 4.74 Å². The fraction of sp³-hybridized carbons (Fsp3) is 0.524. The fourth-order valence-corrected chi connectivity index (χ4v) is 3.90. The molecule has 29 heavy (non-hydrogen) atoms. The summed E-state index contributed by atoms with van der Waals surface area (Å²) in [6, 6.07) is 0.617. The highest BCUT2D eigenvalue weighted by Crippen LogP contribution is 2.32. The molecule has 2 atom stereocenters. The third kappa shape index (κ3) is 3.76. The summed E-state index contributed by atoms with van der Waals surface area (Å²) >= 11 is 0. The van der Waals surface area contributed by atoms with Crippen molar-refractivity contribution in [2.45, 2.75) is 64.6 Å². The number of hydrogen-bond acceptors (Lipinski definition) is 7. The lowest BCUT2D eigenvalue weighted by atomic mass is 10.1. The summed E-state index contributed by atoms with van der Waals surface area (Å²) in [5, 5.41) is 8.06.